The minimum Gasteiger partial charge on any atom is -0.477 e. The second kappa shape index (κ2) is 11.9. The van der Waals surface area contributed by atoms with Crippen LogP contribution in [0.2, 0.25) is 0 Å². The Morgan fingerprint density at radius 1 is 1.29 bits per heavy atom. The highest BCUT2D eigenvalue weighted by Crippen LogP contribution is 2.37. The number of carbonyl (C=O) groups excluding carboxylic acids is 1. The molecule has 2 fully saturated rings. The van der Waals surface area contributed by atoms with Crippen LogP contribution >= 0.6 is 22.7 Å². The maximum absolute atomic E-state index is 14.7. The molecule has 3 aliphatic rings. The van der Waals surface area contributed by atoms with Crippen LogP contribution in [0.5, 0.6) is 0 Å². The van der Waals surface area contributed by atoms with Crippen LogP contribution < -0.4 is 10.2 Å². The summed E-state index contributed by atoms with van der Waals surface area (Å²) in [5.74, 6) is -1.39. The highest BCUT2D eigenvalue weighted by Gasteiger charge is 2.43. The van der Waals surface area contributed by atoms with Crippen LogP contribution in [0.3, 0.4) is 0 Å². The zero-order valence-electron chi connectivity index (χ0n) is 22.9. The Hall–Kier alpha value is -3.72. The number of nitrogens with one attached hydrogen (secondary N) is 1. The summed E-state index contributed by atoms with van der Waals surface area (Å²) in [6.45, 7) is 6.23. The Balaban J connectivity index is 1.36. The maximum Gasteiger partial charge on any atom is 0.347 e. The molecule has 3 aromatic rings. The van der Waals surface area contributed by atoms with Gasteiger partial charge in [-0.3, -0.25) is 9.89 Å². The lowest BCUT2D eigenvalue weighted by Gasteiger charge is -2.38. The number of anilines is 1. The van der Waals surface area contributed by atoms with E-state index in [1.54, 1.807) is 32.2 Å². The van der Waals surface area contributed by atoms with E-state index in [4.69, 9.17) is 14.5 Å². The topological polar surface area (TPSA) is 129 Å². The van der Waals surface area contributed by atoms with Gasteiger partial charge in [-0.1, -0.05) is 23.5 Å². The molecule has 2 saturated heterocycles. The van der Waals surface area contributed by atoms with Gasteiger partial charge in [0.2, 0.25) is 0 Å². The third kappa shape index (κ3) is 5.42. The quantitative estimate of drug-likeness (QED) is 0.366. The summed E-state index contributed by atoms with van der Waals surface area (Å²) in [5.41, 5.74) is 1.93. The van der Waals surface area contributed by atoms with Crippen LogP contribution in [-0.4, -0.2) is 89.3 Å². The number of hydrogen-bond donors (Lipinski definition) is 2. The van der Waals surface area contributed by atoms with Crippen molar-refractivity contribution in [2.24, 2.45) is 4.99 Å². The van der Waals surface area contributed by atoms with Crippen molar-refractivity contribution in [2.45, 2.75) is 32.0 Å². The smallest absolute Gasteiger partial charge is 0.347 e. The van der Waals surface area contributed by atoms with Crippen molar-refractivity contribution < 1.29 is 28.6 Å². The summed E-state index contributed by atoms with van der Waals surface area (Å²) < 4.78 is 26.4. The number of aromatic nitrogens is 2. The van der Waals surface area contributed by atoms with Crippen molar-refractivity contribution >= 4 is 45.6 Å². The Morgan fingerprint density at radius 2 is 2.14 bits per heavy atom. The molecule has 0 amide bonds. The van der Waals surface area contributed by atoms with Crippen molar-refractivity contribution in [1.82, 2.24) is 20.2 Å². The molecule has 2 N–H and O–H groups in total. The van der Waals surface area contributed by atoms with E-state index in [1.807, 2.05) is 10.3 Å². The number of morpholine rings is 1. The number of amidine groups is 1. The molecular formula is C28H29FN6O5S2. The lowest BCUT2D eigenvalue weighted by Crippen LogP contribution is -2.53. The fourth-order valence-corrected chi connectivity index (χ4v) is 6.95. The molecule has 42 heavy (non-hydrogen) atoms. The number of thiazole rings is 2. The predicted octanol–water partition coefficient (Wildman–Crippen LogP) is 3.24. The first-order chi connectivity index (χ1) is 20.3. The molecule has 0 saturated carbocycles. The third-order valence-electron chi connectivity index (χ3n) is 7.61. The normalized spacial score (nSPS) is 22.5. The average Bonchev–Trinajstić information content (AvgIpc) is 3.75. The summed E-state index contributed by atoms with van der Waals surface area (Å²) in [6.07, 6.45) is 2.93. The largest absolute Gasteiger partial charge is 0.477 e. The number of rotatable bonds is 8. The van der Waals surface area contributed by atoms with Gasteiger partial charge in [0.25, 0.3) is 0 Å². The van der Waals surface area contributed by atoms with E-state index in [1.165, 1.54) is 23.6 Å². The first-order valence-electron chi connectivity index (χ1n) is 13.5. The first-order valence-corrected chi connectivity index (χ1v) is 15.2. The molecule has 220 valence electrons. The van der Waals surface area contributed by atoms with E-state index in [9.17, 15) is 19.1 Å². The number of carboxylic acid groups (broad SMARTS) is 1. The van der Waals surface area contributed by atoms with Crippen LogP contribution in [0.4, 0.5) is 9.52 Å². The van der Waals surface area contributed by atoms with Crippen LogP contribution in [0, 0.1) is 12.7 Å². The Kier molecular flexibility index (Phi) is 8.03. The summed E-state index contributed by atoms with van der Waals surface area (Å²) in [6, 6.07) is 3.96. The molecule has 11 nitrogen and oxygen atoms in total. The molecule has 0 spiro atoms. The molecule has 2 aromatic heterocycles. The maximum atomic E-state index is 14.7. The van der Waals surface area contributed by atoms with Gasteiger partial charge in [-0.15, -0.1) is 11.3 Å². The molecule has 14 heteroatoms. The molecule has 0 bridgehead atoms. The van der Waals surface area contributed by atoms with Crippen molar-refractivity contribution in [3.05, 3.63) is 74.1 Å². The summed E-state index contributed by atoms with van der Waals surface area (Å²) in [4.78, 5) is 43.1. The first kappa shape index (κ1) is 28.4. The standard InChI is InChI=1S/C28H29FN6O5S2/c1-3-39-27(38)22-18(32-24(25-30-7-10-41-25)33-23(22)16-5-4-6-17(29)15(16)2)12-34-8-9-40-20-14-35(13-19(20)34)28-31-11-21(42-28)26(36)37/h4-7,10-11,19-20,23H,3,8-9,12-14H2,1-2H3,(H,32,33)(H,36,37)/t19-,20+,23+/m1/s1. The molecule has 0 aliphatic carbocycles. The number of aliphatic imine (C=N–C) groups is 1. The number of esters is 1. The molecule has 1 aromatic carbocycles. The lowest BCUT2D eigenvalue weighted by molar-refractivity contribution is -0.139. The fraction of sp³-hybridized carbons (Fsp3) is 0.393. The van der Waals surface area contributed by atoms with Crippen LogP contribution in [0.25, 0.3) is 0 Å². The van der Waals surface area contributed by atoms with E-state index >= 15 is 0 Å². The van der Waals surface area contributed by atoms with Gasteiger partial charge in [0.1, 0.15) is 16.7 Å². The zero-order valence-corrected chi connectivity index (χ0v) is 24.6. The predicted molar refractivity (Wildman–Crippen MR) is 156 cm³/mol. The lowest BCUT2D eigenvalue weighted by atomic mass is 9.92. The SMILES string of the molecule is CCOC(=O)C1=C(CN2CCO[C@H]3CN(c4ncc(C(=O)O)s4)C[C@H]32)NC(c2nccs2)=N[C@H]1c1cccc(F)c1C. The Morgan fingerprint density at radius 3 is 2.88 bits per heavy atom. The molecule has 5 heterocycles. The molecular weight excluding hydrogens is 583 g/mol. The number of aromatic carboxylic acids is 1. The summed E-state index contributed by atoms with van der Waals surface area (Å²) in [5, 5.41) is 15.8. The number of carboxylic acids is 1. The van der Waals surface area contributed by atoms with Gasteiger partial charge in [0.05, 0.1) is 37.1 Å². The van der Waals surface area contributed by atoms with Gasteiger partial charge < -0.3 is 24.8 Å². The molecule has 3 atom stereocenters. The monoisotopic (exact) mass is 612 g/mol. The Bertz CT molecular complexity index is 1560. The highest BCUT2D eigenvalue weighted by atomic mass is 32.1. The van der Waals surface area contributed by atoms with Gasteiger partial charge in [0.15, 0.2) is 16.0 Å². The number of carbonyl (C=O) groups is 2. The molecule has 0 unspecified atom stereocenters. The zero-order chi connectivity index (χ0) is 29.4. The molecule has 3 aliphatic heterocycles. The van der Waals surface area contributed by atoms with Gasteiger partial charge >= 0.3 is 11.9 Å². The van der Waals surface area contributed by atoms with Crippen molar-refractivity contribution in [2.75, 3.05) is 44.3 Å². The van der Waals surface area contributed by atoms with Crippen molar-refractivity contribution in [3.63, 3.8) is 0 Å². The second-order valence-corrected chi connectivity index (χ2v) is 12.0. The molecule has 6 rings (SSSR count). The van der Waals surface area contributed by atoms with E-state index < -0.39 is 18.0 Å². The number of hydrogen-bond acceptors (Lipinski definition) is 12. The van der Waals surface area contributed by atoms with Gasteiger partial charge in [-0.25, -0.2) is 23.9 Å². The van der Waals surface area contributed by atoms with E-state index in [2.05, 4.69) is 20.2 Å². The Labute approximate surface area is 249 Å². The molecule has 0 radical (unpaired) electrons. The van der Waals surface area contributed by atoms with Crippen LogP contribution in [-0.2, 0) is 14.3 Å². The highest BCUT2D eigenvalue weighted by molar-refractivity contribution is 7.17. The minimum absolute atomic E-state index is 0.0368. The van der Waals surface area contributed by atoms with Crippen LogP contribution in [0.1, 0.15) is 38.8 Å². The summed E-state index contributed by atoms with van der Waals surface area (Å²) in [7, 11) is 0. The van der Waals surface area contributed by atoms with Crippen molar-refractivity contribution in [1.29, 1.82) is 0 Å². The van der Waals surface area contributed by atoms with Crippen LogP contribution in [0.15, 0.2) is 52.2 Å². The minimum atomic E-state index is -1.00. The van der Waals surface area contributed by atoms with E-state index in [0.29, 0.717) is 71.2 Å². The van der Waals surface area contributed by atoms with Gasteiger partial charge in [0, 0.05) is 43.5 Å². The fourth-order valence-electron chi connectivity index (χ4n) is 5.59. The number of ether oxygens (including phenoxy) is 2. The third-order valence-corrected chi connectivity index (χ3v) is 9.44. The number of fused-ring (bicyclic) bond motifs is 1. The van der Waals surface area contributed by atoms with E-state index in [0.717, 1.165) is 11.3 Å². The van der Waals surface area contributed by atoms with Gasteiger partial charge in [-0.2, -0.15) is 0 Å². The van der Waals surface area contributed by atoms with Crippen molar-refractivity contribution in [3.8, 4) is 0 Å². The summed E-state index contributed by atoms with van der Waals surface area (Å²) >= 11 is 2.55. The van der Waals surface area contributed by atoms with Gasteiger partial charge in [-0.05, 0) is 31.0 Å². The number of benzene rings is 1. The van der Waals surface area contributed by atoms with E-state index in [-0.39, 0.29) is 29.4 Å². The number of nitrogens with zero attached hydrogens (tertiary/aromatic N) is 5. The second-order valence-electron chi connectivity index (χ2n) is 10.1. The number of halogens is 1. The average molecular weight is 613 g/mol.